The Labute approximate surface area is 117 Å². The number of hydrogen-bond acceptors (Lipinski definition) is 2. The van der Waals surface area contributed by atoms with Crippen LogP contribution in [-0.2, 0) is 0 Å². The third kappa shape index (κ3) is 2.93. The van der Waals surface area contributed by atoms with Crippen molar-refractivity contribution in [3.63, 3.8) is 0 Å². The van der Waals surface area contributed by atoms with E-state index in [9.17, 15) is 4.79 Å². The van der Waals surface area contributed by atoms with Gasteiger partial charge >= 0.3 is 0 Å². The maximum Gasteiger partial charge on any atom is 0.255 e. The van der Waals surface area contributed by atoms with Crippen LogP contribution in [0.5, 0.6) is 0 Å². The standard InChI is InChI=1S/C15H15ClN2O/c1-9-5-4-6-12(10(9)2)15(19)18-13-7-8-14(16)17-11(13)3/h4-8H,1-3H3,(H,18,19). The zero-order valence-electron chi connectivity index (χ0n) is 11.1. The third-order valence-electron chi connectivity index (χ3n) is 3.15. The Morgan fingerprint density at radius 1 is 1.16 bits per heavy atom. The van der Waals surface area contributed by atoms with Crippen molar-refractivity contribution >= 4 is 23.2 Å². The van der Waals surface area contributed by atoms with Crippen LogP contribution in [0, 0.1) is 20.8 Å². The summed E-state index contributed by atoms with van der Waals surface area (Å²) in [6.45, 7) is 5.74. The molecule has 0 spiro atoms. The van der Waals surface area contributed by atoms with Crippen molar-refractivity contribution in [3.05, 3.63) is 57.9 Å². The highest BCUT2D eigenvalue weighted by molar-refractivity contribution is 6.29. The van der Waals surface area contributed by atoms with Crippen LogP contribution < -0.4 is 5.32 Å². The Morgan fingerprint density at radius 2 is 1.89 bits per heavy atom. The van der Waals surface area contributed by atoms with E-state index in [4.69, 9.17) is 11.6 Å². The molecule has 19 heavy (non-hydrogen) atoms. The van der Waals surface area contributed by atoms with Crippen molar-refractivity contribution in [2.24, 2.45) is 0 Å². The number of rotatable bonds is 2. The van der Waals surface area contributed by atoms with Crippen LogP contribution in [0.1, 0.15) is 27.2 Å². The fourth-order valence-corrected chi connectivity index (χ4v) is 2.04. The molecule has 2 rings (SSSR count). The lowest BCUT2D eigenvalue weighted by Crippen LogP contribution is -2.15. The number of halogens is 1. The van der Waals surface area contributed by atoms with Crippen molar-refractivity contribution in [3.8, 4) is 0 Å². The highest BCUT2D eigenvalue weighted by atomic mass is 35.5. The Hall–Kier alpha value is -1.87. The minimum absolute atomic E-state index is 0.131. The summed E-state index contributed by atoms with van der Waals surface area (Å²) in [6.07, 6.45) is 0. The van der Waals surface area contributed by atoms with Gasteiger partial charge in [-0.05, 0) is 50.1 Å². The number of aromatic nitrogens is 1. The van der Waals surface area contributed by atoms with Gasteiger partial charge in [0.05, 0.1) is 11.4 Å². The first-order valence-corrected chi connectivity index (χ1v) is 6.37. The number of hydrogen-bond donors (Lipinski definition) is 1. The number of pyridine rings is 1. The molecule has 0 unspecified atom stereocenters. The van der Waals surface area contributed by atoms with Gasteiger partial charge in [0, 0.05) is 5.56 Å². The second-order valence-corrected chi connectivity index (χ2v) is 4.86. The van der Waals surface area contributed by atoms with Gasteiger partial charge in [-0.15, -0.1) is 0 Å². The maximum absolute atomic E-state index is 12.3. The van der Waals surface area contributed by atoms with Crippen LogP contribution in [0.4, 0.5) is 5.69 Å². The largest absolute Gasteiger partial charge is 0.320 e. The average Bonchev–Trinajstić information content (AvgIpc) is 2.36. The van der Waals surface area contributed by atoms with Gasteiger partial charge in [-0.3, -0.25) is 4.79 Å². The number of carbonyl (C=O) groups is 1. The molecule has 0 atom stereocenters. The molecule has 2 aromatic rings. The van der Waals surface area contributed by atoms with E-state index in [1.807, 2.05) is 39.0 Å². The summed E-state index contributed by atoms with van der Waals surface area (Å²) in [7, 11) is 0. The lowest BCUT2D eigenvalue weighted by atomic mass is 10.0. The molecular weight excluding hydrogens is 260 g/mol. The van der Waals surface area contributed by atoms with Gasteiger partial charge in [0.1, 0.15) is 5.15 Å². The molecule has 0 aliphatic heterocycles. The minimum Gasteiger partial charge on any atom is -0.320 e. The van der Waals surface area contributed by atoms with Gasteiger partial charge in [0.25, 0.3) is 5.91 Å². The van der Waals surface area contributed by atoms with Crippen LogP contribution in [0.15, 0.2) is 30.3 Å². The summed E-state index contributed by atoms with van der Waals surface area (Å²) in [5.41, 5.74) is 4.13. The number of aryl methyl sites for hydroxylation is 2. The number of anilines is 1. The Kier molecular flexibility index (Phi) is 3.86. The first-order chi connectivity index (χ1) is 8.99. The number of carbonyl (C=O) groups excluding carboxylic acids is 1. The highest BCUT2D eigenvalue weighted by Gasteiger charge is 2.11. The number of nitrogens with one attached hydrogen (secondary N) is 1. The summed E-state index contributed by atoms with van der Waals surface area (Å²) in [5.74, 6) is -0.131. The Morgan fingerprint density at radius 3 is 2.58 bits per heavy atom. The number of benzene rings is 1. The SMILES string of the molecule is Cc1cccc(C(=O)Nc2ccc(Cl)nc2C)c1C. The van der Waals surface area contributed by atoms with E-state index >= 15 is 0 Å². The van der Waals surface area contributed by atoms with Crippen molar-refractivity contribution in [2.45, 2.75) is 20.8 Å². The van der Waals surface area contributed by atoms with Crippen LogP contribution in [-0.4, -0.2) is 10.9 Å². The summed E-state index contributed by atoms with van der Waals surface area (Å²) in [4.78, 5) is 16.4. The molecule has 0 fully saturated rings. The molecule has 98 valence electrons. The predicted octanol–water partition coefficient (Wildman–Crippen LogP) is 3.91. The van der Waals surface area contributed by atoms with E-state index in [1.54, 1.807) is 12.1 Å². The van der Waals surface area contributed by atoms with Crippen molar-refractivity contribution in [1.82, 2.24) is 4.98 Å². The quantitative estimate of drug-likeness (QED) is 0.844. The average molecular weight is 275 g/mol. The van der Waals surface area contributed by atoms with Crippen molar-refractivity contribution in [1.29, 1.82) is 0 Å². The van der Waals surface area contributed by atoms with Crippen LogP contribution in [0.25, 0.3) is 0 Å². The van der Waals surface area contributed by atoms with Gasteiger partial charge in [0.15, 0.2) is 0 Å². The van der Waals surface area contributed by atoms with Gasteiger partial charge < -0.3 is 5.32 Å². The smallest absolute Gasteiger partial charge is 0.255 e. The van der Waals surface area contributed by atoms with E-state index in [2.05, 4.69) is 10.3 Å². The second-order valence-electron chi connectivity index (χ2n) is 4.47. The van der Waals surface area contributed by atoms with Crippen LogP contribution in [0.3, 0.4) is 0 Å². The molecule has 1 aromatic carbocycles. The number of amides is 1. The predicted molar refractivity (Wildman–Crippen MR) is 77.9 cm³/mol. The fourth-order valence-electron chi connectivity index (χ4n) is 1.85. The first kappa shape index (κ1) is 13.6. The topological polar surface area (TPSA) is 42.0 Å². The molecule has 0 saturated heterocycles. The lowest BCUT2D eigenvalue weighted by Gasteiger charge is -2.11. The molecule has 3 nitrogen and oxygen atoms in total. The van der Waals surface area contributed by atoms with Gasteiger partial charge in [-0.2, -0.15) is 0 Å². The molecule has 1 heterocycles. The van der Waals surface area contributed by atoms with Crippen LogP contribution >= 0.6 is 11.6 Å². The van der Waals surface area contributed by atoms with Crippen molar-refractivity contribution in [2.75, 3.05) is 5.32 Å². The summed E-state index contributed by atoms with van der Waals surface area (Å²) in [5, 5.41) is 3.28. The molecule has 0 bridgehead atoms. The normalized spacial score (nSPS) is 10.3. The second kappa shape index (κ2) is 5.41. The van der Waals surface area contributed by atoms with Gasteiger partial charge in [-0.25, -0.2) is 4.98 Å². The maximum atomic E-state index is 12.3. The van der Waals surface area contributed by atoms with E-state index in [0.717, 1.165) is 11.1 Å². The third-order valence-corrected chi connectivity index (χ3v) is 3.36. The monoisotopic (exact) mass is 274 g/mol. The summed E-state index contributed by atoms with van der Waals surface area (Å²) < 4.78 is 0. The first-order valence-electron chi connectivity index (χ1n) is 6.00. The van der Waals surface area contributed by atoms with Crippen LogP contribution in [0.2, 0.25) is 5.15 Å². The summed E-state index contributed by atoms with van der Waals surface area (Å²) in [6, 6.07) is 9.10. The van der Waals surface area contributed by atoms with Gasteiger partial charge in [-0.1, -0.05) is 23.7 Å². The Bertz CT molecular complexity index is 638. The Balaban J connectivity index is 2.28. The number of nitrogens with zero attached hydrogens (tertiary/aromatic N) is 1. The molecular formula is C15H15ClN2O. The molecule has 4 heteroatoms. The van der Waals surface area contributed by atoms with E-state index in [-0.39, 0.29) is 5.91 Å². The molecule has 0 saturated carbocycles. The van der Waals surface area contributed by atoms with Crippen molar-refractivity contribution < 1.29 is 4.79 Å². The lowest BCUT2D eigenvalue weighted by molar-refractivity contribution is 0.102. The minimum atomic E-state index is -0.131. The zero-order valence-corrected chi connectivity index (χ0v) is 11.9. The highest BCUT2D eigenvalue weighted by Crippen LogP contribution is 2.18. The van der Waals surface area contributed by atoms with Gasteiger partial charge in [0.2, 0.25) is 0 Å². The molecule has 1 N–H and O–H groups in total. The van der Waals surface area contributed by atoms with E-state index < -0.39 is 0 Å². The van der Waals surface area contributed by atoms with E-state index in [1.165, 1.54) is 0 Å². The fraction of sp³-hybridized carbons (Fsp3) is 0.200. The molecule has 1 amide bonds. The summed E-state index contributed by atoms with van der Waals surface area (Å²) >= 11 is 5.79. The van der Waals surface area contributed by atoms with E-state index in [0.29, 0.717) is 22.1 Å². The molecule has 0 aliphatic rings. The zero-order chi connectivity index (χ0) is 14.0. The molecule has 0 radical (unpaired) electrons. The molecule has 1 aromatic heterocycles. The molecule has 0 aliphatic carbocycles.